The standard InChI is InChI=1S/C10H21N3O/c1-10(2,3)14-9(12)13-6-4-8(11)5-7-13/h8,12H,4-7,11H2,1-3H3. The van der Waals surface area contributed by atoms with Crippen LogP contribution in [0.15, 0.2) is 0 Å². The fourth-order valence-electron chi connectivity index (χ4n) is 1.46. The molecule has 82 valence electrons. The van der Waals surface area contributed by atoms with Gasteiger partial charge in [0.2, 0.25) is 0 Å². The van der Waals surface area contributed by atoms with Gasteiger partial charge in [-0.3, -0.25) is 5.41 Å². The molecule has 0 atom stereocenters. The van der Waals surface area contributed by atoms with E-state index >= 15 is 0 Å². The van der Waals surface area contributed by atoms with Crippen LogP contribution in [0.5, 0.6) is 0 Å². The highest BCUT2D eigenvalue weighted by molar-refractivity contribution is 5.70. The molecule has 0 radical (unpaired) electrons. The Kier molecular flexibility index (Phi) is 3.37. The predicted molar refractivity (Wildman–Crippen MR) is 57.3 cm³/mol. The van der Waals surface area contributed by atoms with Crippen molar-refractivity contribution in [3.63, 3.8) is 0 Å². The van der Waals surface area contributed by atoms with Gasteiger partial charge in [-0.25, -0.2) is 0 Å². The highest BCUT2D eigenvalue weighted by atomic mass is 16.5. The maximum atomic E-state index is 7.77. The number of rotatable bonds is 0. The first-order valence-electron chi connectivity index (χ1n) is 5.16. The van der Waals surface area contributed by atoms with Crippen molar-refractivity contribution in [1.82, 2.24) is 4.90 Å². The average Bonchev–Trinajstić information content (AvgIpc) is 2.02. The number of ether oxygens (including phenoxy) is 1. The minimum Gasteiger partial charge on any atom is -0.460 e. The van der Waals surface area contributed by atoms with Crippen molar-refractivity contribution in [2.24, 2.45) is 5.73 Å². The highest BCUT2D eigenvalue weighted by Crippen LogP contribution is 2.13. The zero-order valence-corrected chi connectivity index (χ0v) is 9.34. The number of nitrogens with one attached hydrogen (secondary N) is 1. The lowest BCUT2D eigenvalue weighted by Gasteiger charge is -2.34. The first kappa shape index (κ1) is 11.3. The highest BCUT2D eigenvalue weighted by Gasteiger charge is 2.22. The molecule has 1 rings (SSSR count). The molecule has 1 aliphatic heterocycles. The van der Waals surface area contributed by atoms with Gasteiger partial charge in [0.15, 0.2) is 0 Å². The summed E-state index contributed by atoms with van der Waals surface area (Å²) >= 11 is 0. The number of amidine groups is 1. The first-order valence-corrected chi connectivity index (χ1v) is 5.16. The predicted octanol–water partition coefficient (Wildman–Crippen LogP) is 1.16. The molecule has 1 aliphatic rings. The molecule has 1 heterocycles. The third-order valence-electron chi connectivity index (χ3n) is 2.23. The van der Waals surface area contributed by atoms with Crippen LogP contribution >= 0.6 is 0 Å². The number of piperidine rings is 1. The molecule has 3 N–H and O–H groups in total. The quantitative estimate of drug-likeness (QED) is 0.454. The maximum Gasteiger partial charge on any atom is 0.284 e. The summed E-state index contributed by atoms with van der Waals surface area (Å²) in [5.74, 6) is 0. The second kappa shape index (κ2) is 4.17. The van der Waals surface area contributed by atoms with E-state index in [1.807, 2.05) is 25.7 Å². The Morgan fingerprint density at radius 1 is 1.36 bits per heavy atom. The van der Waals surface area contributed by atoms with Gasteiger partial charge in [-0.2, -0.15) is 0 Å². The fraction of sp³-hybridized carbons (Fsp3) is 0.900. The van der Waals surface area contributed by atoms with Gasteiger partial charge in [0.05, 0.1) is 0 Å². The van der Waals surface area contributed by atoms with Gasteiger partial charge in [-0.15, -0.1) is 0 Å². The number of likely N-dealkylation sites (tertiary alicyclic amines) is 1. The molecular formula is C10H21N3O. The monoisotopic (exact) mass is 199 g/mol. The average molecular weight is 199 g/mol. The zero-order valence-electron chi connectivity index (χ0n) is 9.34. The normalized spacial score (nSPS) is 19.6. The Hall–Kier alpha value is -0.770. The summed E-state index contributed by atoms with van der Waals surface area (Å²) in [6.45, 7) is 7.55. The first-order chi connectivity index (χ1) is 6.38. The Morgan fingerprint density at radius 2 is 1.86 bits per heavy atom. The van der Waals surface area contributed by atoms with Crippen molar-refractivity contribution in [2.75, 3.05) is 13.1 Å². The molecule has 0 aromatic carbocycles. The third-order valence-corrected chi connectivity index (χ3v) is 2.23. The van der Waals surface area contributed by atoms with Crippen LogP contribution in [0.2, 0.25) is 0 Å². The van der Waals surface area contributed by atoms with Crippen LogP contribution in [0.25, 0.3) is 0 Å². The lowest BCUT2D eigenvalue weighted by Crippen LogP contribution is -2.45. The van der Waals surface area contributed by atoms with Crippen LogP contribution in [0, 0.1) is 5.41 Å². The number of nitrogens with two attached hydrogens (primary N) is 1. The van der Waals surface area contributed by atoms with Crippen LogP contribution in [-0.4, -0.2) is 35.7 Å². The van der Waals surface area contributed by atoms with Gasteiger partial charge < -0.3 is 15.4 Å². The van der Waals surface area contributed by atoms with E-state index in [4.69, 9.17) is 15.9 Å². The molecule has 4 heteroatoms. The minimum absolute atomic E-state index is 0.281. The lowest BCUT2D eigenvalue weighted by atomic mass is 10.1. The van der Waals surface area contributed by atoms with E-state index in [0.717, 1.165) is 25.9 Å². The summed E-state index contributed by atoms with van der Waals surface area (Å²) in [5.41, 5.74) is 5.51. The second-order valence-electron chi connectivity index (χ2n) is 4.84. The van der Waals surface area contributed by atoms with E-state index in [9.17, 15) is 0 Å². The van der Waals surface area contributed by atoms with Crippen LogP contribution in [0.3, 0.4) is 0 Å². The van der Waals surface area contributed by atoms with Gasteiger partial charge in [-0.05, 0) is 33.6 Å². The van der Waals surface area contributed by atoms with E-state index < -0.39 is 0 Å². The van der Waals surface area contributed by atoms with Crippen molar-refractivity contribution in [2.45, 2.75) is 45.3 Å². The fourth-order valence-corrected chi connectivity index (χ4v) is 1.46. The van der Waals surface area contributed by atoms with Crippen molar-refractivity contribution >= 4 is 6.02 Å². The Bertz CT molecular complexity index is 202. The summed E-state index contributed by atoms with van der Waals surface area (Å²) < 4.78 is 5.48. The van der Waals surface area contributed by atoms with Crippen LogP contribution < -0.4 is 5.73 Å². The van der Waals surface area contributed by atoms with Crippen molar-refractivity contribution in [3.8, 4) is 0 Å². The van der Waals surface area contributed by atoms with E-state index in [-0.39, 0.29) is 11.6 Å². The number of hydrogen-bond acceptors (Lipinski definition) is 3. The van der Waals surface area contributed by atoms with Crippen molar-refractivity contribution < 1.29 is 4.74 Å². The summed E-state index contributed by atoms with van der Waals surface area (Å²) in [5, 5.41) is 7.77. The van der Waals surface area contributed by atoms with Crippen LogP contribution in [0.4, 0.5) is 0 Å². The molecule has 0 aliphatic carbocycles. The van der Waals surface area contributed by atoms with Crippen molar-refractivity contribution in [1.29, 1.82) is 5.41 Å². The van der Waals surface area contributed by atoms with Crippen molar-refractivity contribution in [3.05, 3.63) is 0 Å². The van der Waals surface area contributed by atoms with E-state index in [1.165, 1.54) is 0 Å². The van der Waals surface area contributed by atoms with E-state index in [1.54, 1.807) is 0 Å². The summed E-state index contributed by atoms with van der Waals surface area (Å²) in [6.07, 6.45) is 1.91. The second-order valence-corrected chi connectivity index (χ2v) is 4.84. The minimum atomic E-state index is -0.281. The summed E-state index contributed by atoms with van der Waals surface area (Å²) in [4.78, 5) is 1.95. The lowest BCUT2D eigenvalue weighted by molar-refractivity contribution is 0.0797. The molecule has 0 unspecified atom stereocenters. The van der Waals surface area contributed by atoms with Crippen LogP contribution in [0.1, 0.15) is 33.6 Å². The van der Waals surface area contributed by atoms with Gasteiger partial charge >= 0.3 is 0 Å². The van der Waals surface area contributed by atoms with Gasteiger partial charge in [0.1, 0.15) is 5.60 Å². The number of nitrogens with zero attached hydrogens (tertiary/aromatic N) is 1. The molecule has 0 spiro atoms. The molecule has 1 fully saturated rings. The smallest absolute Gasteiger partial charge is 0.284 e. The molecular weight excluding hydrogens is 178 g/mol. The molecule has 0 bridgehead atoms. The van der Waals surface area contributed by atoms with Gasteiger partial charge in [-0.1, -0.05) is 0 Å². The van der Waals surface area contributed by atoms with Gasteiger partial charge in [0.25, 0.3) is 6.02 Å². The molecule has 0 aromatic heterocycles. The SMILES string of the molecule is CC(C)(C)OC(=N)N1CCC(N)CC1. The molecule has 0 amide bonds. The topological polar surface area (TPSA) is 62.3 Å². The number of hydrogen-bond donors (Lipinski definition) is 2. The Labute approximate surface area is 85.9 Å². The van der Waals surface area contributed by atoms with Crippen LogP contribution in [-0.2, 0) is 4.74 Å². The largest absolute Gasteiger partial charge is 0.460 e. The van der Waals surface area contributed by atoms with E-state index in [0.29, 0.717) is 6.04 Å². The molecule has 14 heavy (non-hydrogen) atoms. The summed E-state index contributed by atoms with van der Waals surface area (Å²) in [7, 11) is 0. The maximum absolute atomic E-state index is 7.77. The Morgan fingerprint density at radius 3 is 2.29 bits per heavy atom. The van der Waals surface area contributed by atoms with E-state index in [2.05, 4.69) is 0 Å². The molecule has 4 nitrogen and oxygen atoms in total. The third kappa shape index (κ3) is 3.54. The molecule has 1 saturated heterocycles. The molecule has 0 saturated carbocycles. The molecule has 0 aromatic rings. The Balaban J connectivity index is 2.38. The van der Waals surface area contributed by atoms with Gasteiger partial charge in [0, 0.05) is 19.1 Å². The summed E-state index contributed by atoms with van der Waals surface area (Å²) in [6, 6.07) is 0.582. The zero-order chi connectivity index (χ0) is 10.8.